The Morgan fingerprint density at radius 1 is 1.29 bits per heavy atom. The van der Waals surface area contributed by atoms with Crippen LogP contribution in [-0.4, -0.2) is 45.4 Å². The van der Waals surface area contributed by atoms with Crippen LogP contribution in [0.4, 0.5) is 0 Å². The SMILES string of the molecule is COC(=O)C(SC(=S)SCC(NC(C)=O)C(=O)O)c1ccccc1. The molecule has 2 N–H and O–H groups in total. The van der Waals surface area contributed by atoms with Crippen LogP contribution in [0.5, 0.6) is 0 Å². The van der Waals surface area contributed by atoms with Gasteiger partial charge >= 0.3 is 11.9 Å². The summed E-state index contributed by atoms with van der Waals surface area (Å²) >= 11 is 7.44. The lowest BCUT2D eigenvalue weighted by Crippen LogP contribution is -2.41. The van der Waals surface area contributed by atoms with Crippen LogP contribution in [0.2, 0.25) is 0 Å². The number of thioether (sulfide) groups is 2. The van der Waals surface area contributed by atoms with Crippen molar-refractivity contribution in [3.8, 4) is 0 Å². The third-order valence-corrected chi connectivity index (χ3v) is 5.69. The van der Waals surface area contributed by atoms with Crippen LogP contribution in [0.3, 0.4) is 0 Å². The minimum Gasteiger partial charge on any atom is -0.480 e. The summed E-state index contributed by atoms with van der Waals surface area (Å²) in [6.07, 6.45) is 0. The normalized spacial score (nSPS) is 12.8. The maximum absolute atomic E-state index is 12.0. The molecule has 0 saturated heterocycles. The average molecular weight is 388 g/mol. The number of carboxylic acid groups (broad SMARTS) is 1. The first-order valence-corrected chi connectivity index (χ1v) is 9.08. The number of hydrogen-bond acceptors (Lipinski definition) is 7. The Labute approximate surface area is 153 Å². The molecule has 1 rings (SSSR count). The fourth-order valence-electron chi connectivity index (χ4n) is 1.69. The van der Waals surface area contributed by atoms with Crippen molar-refractivity contribution in [1.29, 1.82) is 0 Å². The molecule has 2 unspecified atom stereocenters. The molecule has 1 aromatic rings. The lowest BCUT2D eigenvalue weighted by atomic mass is 10.1. The quantitative estimate of drug-likeness (QED) is 0.544. The fourth-order valence-corrected chi connectivity index (χ4v) is 4.15. The summed E-state index contributed by atoms with van der Waals surface area (Å²) in [6.45, 7) is 1.25. The van der Waals surface area contributed by atoms with Crippen molar-refractivity contribution in [2.45, 2.75) is 18.2 Å². The number of methoxy groups -OCH3 is 1. The molecule has 0 aliphatic heterocycles. The molecular weight excluding hydrogens is 370 g/mol. The van der Waals surface area contributed by atoms with E-state index in [0.29, 0.717) is 3.53 Å². The second kappa shape index (κ2) is 10.3. The molecule has 0 fully saturated rings. The van der Waals surface area contributed by atoms with Crippen molar-refractivity contribution < 1.29 is 24.2 Å². The molecule has 1 aromatic carbocycles. The Balaban J connectivity index is 2.70. The van der Waals surface area contributed by atoms with E-state index in [1.807, 2.05) is 6.07 Å². The van der Waals surface area contributed by atoms with E-state index in [1.54, 1.807) is 24.3 Å². The zero-order chi connectivity index (χ0) is 18.1. The van der Waals surface area contributed by atoms with Crippen LogP contribution in [-0.2, 0) is 19.1 Å². The summed E-state index contributed by atoms with van der Waals surface area (Å²) in [6, 6.07) is 7.98. The smallest absolute Gasteiger partial charge is 0.327 e. The van der Waals surface area contributed by atoms with Gasteiger partial charge in [-0.1, -0.05) is 54.3 Å². The molecule has 6 nitrogen and oxygen atoms in total. The van der Waals surface area contributed by atoms with Crippen molar-refractivity contribution in [2.75, 3.05) is 12.9 Å². The monoisotopic (exact) mass is 387 g/mol. The molecule has 1 amide bonds. The number of carbonyl (C=O) groups is 3. The molecule has 0 aliphatic carbocycles. The number of aliphatic carboxylic acids is 1. The molecule has 0 aromatic heterocycles. The highest BCUT2D eigenvalue weighted by Gasteiger charge is 2.25. The number of nitrogens with one attached hydrogen (secondary N) is 1. The highest BCUT2D eigenvalue weighted by atomic mass is 32.2. The number of carboxylic acids is 1. The summed E-state index contributed by atoms with van der Waals surface area (Å²) in [5.41, 5.74) is 0.744. The third kappa shape index (κ3) is 6.90. The minimum atomic E-state index is -1.14. The zero-order valence-electron chi connectivity index (χ0n) is 13.1. The number of carbonyl (C=O) groups excluding carboxylic acids is 2. The van der Waals surface area contributed by atoms with Gasteiger partial charge < -0.3 is 15.2 Å². The van der Waals surface area contributed by atoms with Gasteiger partial charge in [0.25, 0.3) is 0 Å². The van der Waals surface area contributed by atoms with Crippen LogP contribution in [0, 0.1) is 0 Å². The molecule has 9 heteroatoms. The maximum Gasteiger partial charge on any atom is 0.327 e. The molecule has 0 bridgehead atoms. The van der Waals surface area contributed by atoms with E-state index in [4.69, 9.17) is 22.1 Å². The first-order valence-electron chi connectivity index (χ1n) is 6.81. The number of esters is 1. The summed E-state index contributed by atoms with van der Waals surface area (Å²) in [4.78, 5) is 34.1. The van der Waals surface area contributed by atoms with Crippen LogP contribution in [0.15, 0.2) is 30.3 Å². The van der Waals surface area contributed by atoms with Gasteiger partial charge in [0.05, 0.1) is 7.11 Å². The molecule has 0 radical (unpaired) electrons. The van der Waals surface area contributed by atoms with Gasteiger partial charge in [0.2, 0.25) is 5.91 Å². The maximum atomic E-state index is 12.0. The summed E-state index contributed by atoms with van der Waals surface area (Å²) in [5.74, 6) is -1.94. The number of rotatable bonds is 7. The Bertz CT molecular complexity index is 608. The third-order valence-electron chi connectivity index (χ3n) is 2.78. The van der Waals surface area contributed by atoms with Crippen LogP contribution in [0.1, 0.15) is 17.7 Å². The first kappa shape index (κ1) is 20.5. The Hall–Kier alpha value is -1.58. The predicted octanol–water partition coefficient (Wildman–Crippen LogP) is 2.24. The van der Waals surface area contributed by atoms with Crippen LogP contribution in [0.25, 0.3) is 0 Å². The van der Waals surface area contributed by atoms with Gasteiger partial charge in [-0.25, -0.2) is 4.79 Å². The number of hydrogen-bond donors (Lipinski definition) is 2. The second-order valence-electron chi connectivity index (χ2n) is 4.58. The lowest BCUT2D eigenvalue weighted by molar-refractivity contribution is -0.141. The number of thiocarbonyl (C=S) groups is 1. The molecule has 130 valence electrons. The molecule has 24 heavy (non-hydrogen) atoms. The molecular formula is C15H17NO5S3. The number of amides is 1. The fraction of sp³-hybridized carbons (Fsp3) is 0.333. The van der Waals surface area contributed by atoms with Gasteiger partial charge in [-0.2, -0.15) is 0 Å². The Kier molecular flexibility index (Phi) is 8.80. The van der Waals surface area contributed by atoms with Gasteiger partial charge in [0.1, 0.15) is 14.8 Å². The van der Waals surface area contributed by atoms with E-state index in [1.165, 1.54) is 14.0 Å². The van der Waals surface area contributed by atoms with Crippen molar-refractivity contribution in [1.82, 2.24) is 5.32 Å². The largest absolute Gasteiger partial charge is 0.480 e. The summed E-state index contributed by atoms with van der Waals surface area (Å²) in [7, 11) is 1.30. The van der Waals surface area contributed by atoms with E-state index < -0.39 is 29.1 Å². The highest BCUT2D eigenvalue weighted by Crippen LogP contribution is 2.34. The van der Waals surface area contributed by atoms with Gasteiger partial charge in [-0.05, 0) is 5.56 Å². The minimum absolute atomic E-state index is 0.0728. The van der Waals surface area contributed by atoms with E-state index in [9.17, 15) is 14.4 Å². The molecule has 2 atom stereocenters. The standard InChI is InChI=1S/C15H17NO5S3/c1-9(17)16-11(13(18)19)8-23-15(22)24-12(14(20)21-2)10-6-4-3-5-7-10/h3-7,11-12H,8H2,1-2H3,(H,16,17)(H,18,19). The molecule has 0 aliphatic rings. The van der Waals surface area contributed by atoms with Gasteiger partial charge in [0, 0.05) is 12.7 Å². The van der Waals surface area contributed by atoms with Crippen LogP contribution >= 0.6 is 35.7 Å². The van der Waals surface area contributed by atoms with E-state index >= 15 is 0 Å². The van der Waals surface area contributed by atoms with Crippen molar-refractivity contribution >= 4 is 57.1 Å². The average Bonchev–Trinajstić information content (AvgIpc) is 2.56. The number of ether oxygens (including phenoxy) is 1. The molecule has 0 spiro atoms. The van der Waals surface area contributed by atoms with Gasteiger partial charge in [0.15, 0.2) is 0 Å². The van der Waals surface area contributed by atoms with Gasteiger partial charge in [-0.3, -0.25) is 9.59 Å². The van der Waals surface area contributed by atoms with Gasteiger partial charge in [-0.15, -0.1) is 11.8 Å². The zero-order valence-corrected chi connectivity index (χ0v) is 15.5. The summed E-state index contributed by atoms with van der Waals surface area (Å²) < 4.78 is 5.20. The first-order chi connectivity index (χ1) is 11.3. The Morgan fingerprint density at radius 3 is 2.42 bits per heavy atom. The topological polar surface area (TPSA) is 92.7 Å². The van der Waals surface area contributed by atoms with Crippen LogP contribution < -0.4 is 5.32 Å². The van der Waals surface area contributed by atoms with Crippen molar-refractivity contribution in [3.63, 3.8) is 0 Å². The summed E-state index contributed by atoms with van der Waals surface area (Å²) in [5, 5.41) is 10.8. The van der Waals surface area contributed by atoms with E-state index in [2.05, 4.69) is 5.32 Å². The van der Waals surface area contributed by atoms with E-state index in [-0.39, 0.29) is 5.75 Å². The molecule has 0 heterocycles. The predicted molar refractivity (Wildman–Crippen MR) is 99.1 cm³/mol. The van der Waals surface area contributed by atoms with Crippen molar-refractivity contribution in [3.05, 3.63) is 35.9 Å². The van der Waals surface area contributed by atoms with E-state index in [0.717, 1.165) is 29.1 Å². The van der Waals surface area contributed by atoms with Crippen molar-refractivity contribution in [2.24, 2.45) is 0 Å². The number of benzene rings is 1. The molecule has 0 saturated carbocycles. The lowest BCUT2D eigenvalue weighted by Gasteiger charge is -2.16. The highest BCUT2D eigenvalue weighted by molar-refractivity contribution is 8.47. The second-order valence-corrected chi connectivity index (χ2v) is 7.91. The Morgan fingerprint density at radius 2 is 1.92 bits per heavy atom.